The maximum absolute atomic E-state index is 11.4. The molecule has 0 amide bonds. The van der Waals surface area contributed by atoms with Gasteiger partial charge in [-0.3, -0.25) is 4.79 Å². The number of anilines is 1. The fourth-order valence-electron chi connectivity index (χ4n) is 1.86. The summed E-state index contributed by atoms with van der Waals surface area (Å²) in [5, 5.41) is 3.02. The third-order valence-electron chi connectivity index (χ3n) is 2.70. The van der Waals surface area contributed by atoms with E-state index in [1.54, 1.807) is 6.92 Å². The molecule has 2 rings (SSSR count). The first kappa shape index (κ1) is 13.2. The Bertz CT molecular complexity index is 588. The first-order chi connectivity index (χ1) is 8.41. The fourth-order valence-corrected chi connectivity index (χ4v) is 3.79. The average molecular weight is 290 g/mol. The van der Waals surface area contributed by atoms with E-state index in [1.807, 2.05) is 0 Å². The van der Waals surface area contributed by atoms with Gasteiger partial charge in [0.25, 0.3) is 0 Å². The van der Waals surface area contributed by atoms with Gasteiger partial charge in [-0.15, -0.1) is 0 Å². The Morgan fingerprint density at radius 3 is 2.72 bits per heavy atom. The average Bonchev–Trinajstić information content (AvgIpc) is 2.57. The lowest BCUT2D eigenvalue weighted by molar-refractivity contribution is 0.112. The highest BCUT2D eigenvalue weighted by molar-refractivity contribution is 7.91. The number of hydrogen-bond donors (Lipinski definition) is 1. The number of rotatable bonds is 3. The molecular formula is C10H12ClN3O3S. The Kier molecular flexibility index (Phi) is 3.54. The lowest BCUT2D eigenvalue weighted by atomic mass is 10.2. The predicted molar refractivity (Wildman–Crippen MR) is 67.8 cm³/mol. The number of carbonyl (C=O) groups excluding carboxylic acids is 1. The topological polar surface area (TPSA) is 89.0 Å². The van der Waals surface area contributed by atoms with Crippen molar-refractivity contribution >= 4 is 33.5 Å². The molecule has 2 heterocycles. The molecule has 0 aliphatic carbocycles. The molecule has 1 aliphatic heterocycles. The SMILES string of the molecule is Cc1nc(Cl)c(C=O)c(NC2CCS(=O)(=O)C2)n1. The normalized spacial score (nSPS) is 21.8. The molecular weight excluding hydrogens is 278 g/mol. The minimum absolute atomic E-state index is 0.0476. The fraction of sp³-hybridized carbons (Fsp3) is 0.500. The van der Waals surface area contributed by atoms with Crippen LogP contribution >= 0.6 is 11.6 Å². The molecule has 1 atom stereocenters. The highest BCUT2D eigenvalue weighted by atomic mass is 35.5. The monoisotopic (exact) mass is 289 g/mol. The zero-order chi connectivity index (χ0) is 13.3. The number of aldehydes is 1. The van der Waals surface area contributed by atoms with E-state index in [-0.39, 0.29) is 28.3 Å². The van der Waals surface area contributed by atoms with Crippen molar-refractivity contribution in [2.75, 3.05) is 16.8 Å². The van der Waals surface area contributed by atoms with Crippen LogP contribution in [-0.4, -0.2) is 42.2 Å². The summed E-state index contributed by atoms with van der Waals surface area (Å²) < 4.78 is 22.7. The molecule has 1 saturated heterocycles. The van der Waals surface area contributed by atoms with Crippen LogP contribution in [0.15, 0.2) is 0 Å². The number of carbonyl (C=O) groups is 1. The van der Waals surface area contributed by atoms with Crippen LogP contribution in [0.5, 0.6) is 0 Å². The van der Waals surface area contributed by atoms with Crippen LogP contribution in [-0.2, 0) is 9.84 Å². The van der Waals surface area contributed by atoms with Crippen LogP contribution in [0.4, 0.5) is 5.82 Å². The van der Waals surface area contributed by atoms with Crippen molar-refractivity contribution in [3.05, 3.63) is 16.5 Å². The van der Waals surface area contributed by atoms with Crippen molar-refractivity contribution in [3.8, 4) is 0 Å². The Morgan fingerprint density at radius 1 is 1.44 bits per heavy atom. The van der Waals surface area contributed by atoms with E-state index < -0.39 is 9.84 Å². The van der Waals surface area contributed by atoms with E-state index in [1.165, 1.54) is 0 Å². The second kappa shape index (κ2) is 4.81. The molecule has 0 saturated carbocycles. The molecule has 18 heavy (non-hydrogen) atoms. The third kappa shape index (κ3) is 2.78. The van der Waals surface area contributed by atoms with E-state index in [4.69, 9.17) is 11.6 Å². The molecule has 0 spiro atoms. The van der Waals surface area contributed by atoms with Crippen molar-refractivity contribution in [3.63, 3.8) is 0 Å². The zero-order valence-electron chi connectivity index (χ0n) is 9.68. The quantitative estimate of drug-likeness (QED) is 0.655. The Hall–Kier alpha value is -1.21. The molecule has 1 aliphatic rings. The van der Waals surface area contributed by atoms with Crippen LogP contribution in [0, 0.1) is 6.92 Å². The molecule has 8 heteroatoms. The van der Waals surface area contributed by atoms with Gasteiger partial charge < -0.3 is 5.32 Å². The first-order valence-electron chi connectivity index (χ1n) is 5.37. The van der Waals surface area contributed by atoms with Gasteiger partial charge in [-0.2, -0.15) is 0 Å². The highest BCUT2D eigenvalue weighted by Gasteiger charge is 2.28. The summed E-state index contributed by atoms with van der Waals surface area (Å²) >= 11 is 5.84. The van der Waals surface area contributed by atoms with Gasteiger partial charge in [-0.25, -0.2) is 18.4 Å². The van der Waals surface area contributed by atoms with Crippen LogP contribution in [0.1, 0.15) is 22.6 Å². The molecule has 0 radical (unpaired) electrons. The number of hydrogen-bond acceptors (Lipinski definition) is 6. The number of aromatic nitrogens is 2. The molecule has 1 unspecified atom stereocenters. The van der Waals surface area contributed by atoms with Gasteiger partial charge in [0.2, 0.25) is 0 Å². The molecule has 1 N–H and O–H groups in total. The lowest BCUT2D eigenvalue weighted by Gasteiger charge is -2.14. The number of halogens is 1. The van der Waals surface area contributed by atoms with Crippen LogP contribution in [0.3, 0.4) is 0 Å². The Labute approximate surface area is 110 Å². The number of aryl methyl sites for hydroxylation is 1. The minimum Gasteiger partial charge on any atom is -0.366 e. The van der Waals surface area contributed by atoms with E-state index in [9.17, 15) is 13.2 Å². The van der Waals surface area contributed by atoms with Crippen molar-refractivity contribution in [2.45, 2.75) is 19.4 Å². The summed E-state index contributed by atoms with van der Waals surface area (Å²) in [6.45, 7) is 1.65. The van der Waals surface area contributed by atoms with Gasteiger partial charge in [-0.05, 0) is 13.3 Å². The van der Waals surface area contributed by atoms with Gasteiger partial charge in [0.05, 0.1) is 17.1 Å². The van der Waals surface area contributed by atoms with Crippen LogP contribution in [0.25, 0.3) is 0 Å². The van der Waals surface area contributed by atoms with Gasteiger partial charge >= 0.3 is 0 Å². The van der Waals surface area contributed by atoms with Crippen molar-refractivity contribution in [1.29, 1.82) is 0 Å². The van der Waals surface area contributed by atoms with Gasteiger partial charge in [-0.1, -0.05) is 11.6 Å². The van der Waals surface area contributed by atoms with E-state index in [2.05, 4.69) is 15.3 Å². The summed E-state index contributed by atoms with van der Waals surface area (Å²) in [6, 6.07) is -0.237. The smallest absolute Gasteiger partial charge is 0.156 e. The van der Waals surface area contributed by atoms with Crippen LogP contribution < -0.4 is 5.32 Å². The van der Waals surface area contributed by atoms with Crippen molar-refractivity contribution in [1.82, 2.24) is 9.97 Å². The van der Waals surface area contributed by atoms with Crippen molar-refractivity contribution < 1.29 is 13.2 Å². The minimum atomic E-state index is -2.98. The Balaban J connectivity index is 2.27. The van der Waals surface area contributed by atoms with E-state index in [0.29, 0.717) is 24.3 Å². The number of nitrogens with one attached hydrogen (secondary N) is 1. The zero-order valence-corrected chi connectivity index (χ0v) is 11.3. The second-order valence-corrected chi connectivity index (χ2v) is 6.77. The molecule has 1 aromatic rings. The summed E-state index contributed by atoms with van der Waals surface area (Å²) in [7, 11) is -2.98. The van der Waals surface area contributed by atoms with E-state index >= 15 is 0 Å². The molecule has 1 fully saturated rings. The van der Waals surface area contributed by atoms with Gasteiger partial charge in [0.15, 0.2) is 16.1 Å². The van der Waals surface area contributed by atoms with Gasteiger partial charge in [0.1, 0.15) is 16.8 Å². The maximum Gasteiger partial charge on any atom is 0.156 e. The molecule has 6 nitrogen and oxygen atoms in total. The number of sulfone groups is 1. The Morgan fingerprint density at radius 2 is 2.17 bits per heavy atom. The number of nitrogens with zero attached hydrogens (tertiary/aromatic N) is 2. The van der Waals surface area contributed by atoms with Crippen LogP contribution in [0.2, 0.25) is 5.15 Å². The van der Waals surface area contributed by atoms with Crippen molar-refractivity contribution in [2.24, 2.45) is 0 Å². The molecule has 0 aromatic carbocycles. The van der Waals surface area contributed by atoms with Gasteiger partial charge in [0, 0.05) is 6.04 Å². The summed E-state index contributed by atoms with van der Waals surface area (Å²) in [5.74, 6) is 0.920. The first-order valence-corrected chi connectivity index (χ1v) is 7.57. The third-order valence-corrected chi connectivity index (χ3v) is 4.76. The second-order valence-electron chi connectivity index (χ2n) is 4.19. The standard InChI is InChI=1S/C10H12ClN3O3S/c1-6-12-9(11)8(4-15)10(13-6)14-7-2-3-18(16,17)5-7/h4,7H,2-3,5H2,1H3,(H,12,13,14). The largest absolute Gasteiger partial charge is 0.366 e. The molecule has 1 aromatic heterocycles. The molecule has 98 valence electrons. The lowest BCUT2D eigenvalue weighted by Crippen LogP contribution is -2.22. The highest BCUT2D eigenvalue weighted by Crippen LogP contribution is 2.22. The predicted octanol–water partition coefficient (Wildman–Crippen LogP) is 0.850. The maximum atomic E-state index is 11.4. The molecule has 0 bridgehead atoms. The van der Waals surface area contributed by atoms with E-state index in [0.717, 1.165) is 0 Å². The summed E-state index contributed by atoms with van der Waals surface area (Å²) in [5.41, 5.74) is 0.159. The summed E-state index contributed by atoms with van der Waals surface area (Å²) in [6.07, 6.45) is 1.06. The summed E-state index contributed by atoms with van der Waals surface area (Å²) in [4.78, 5) is 18.9.